The van der Waals surface area contributed by atoms with Gasteiger partial charge in [0.05, 0.1) is 10.9 Å². The predicted molar refractivity (Wildman–Crippen MR) is 92.8 cm³/mol. The number of rotatable bonds is 4. The number of hydrogen-bond donors (Lipinski definition) is 1. The lowest BCUT2D eigenvalue weighted by Crippen LogP contribution is -2.23. The zero-order valence-corrected chi connectivity index (χ0v) is 14.3. The van der Waals surface area contributed by atoms with Crippen molar-refractivity contribution >= 4 is 56.5 Å². The fraction of sp³-hybridized carbons (Fsp3) is 0.133. The fourth-order valence-corrected chi connectivity index (χ4v) is 3.76. The van der Waals surface area contributed by atoms with E-state index < -0.39 is 11.1 Å². The molecule has 2 aromatic heterocycles. The van der Waals surface area contributed by atoms with Gasteiger partial charge in [0.1, 0.15) is 22.0 Å². The van der Waals surface area contributed by atoms with Crippen LogP contribution in [0, 0.1) is 5.82 Å². The average molecular weight is 368 g/mol. The summed E-state index contributed by atoms with van der Waals surface area (Å²) in [6.07, 6.45) is 1.48. The number of benzene rings is 1. The first-order valence-electron chi connectivity index (χ1n) is 6.65. The molecule has 0 aliphatic rings. The van der Waals surface area contributed by atoms with Crippen LogP contribution in [0.3, 0.4) is 0 Å². The van der Waals surface area contributed by atoms with Crippen LogP contribution in [0.5, 0.6) is 0 Å². The van der Waals surface area contributed by atoms with Gasteiger partial charge in [-0.15, -0.1) is 11.3 Å². The molecule has 0 saturated carbocycles. The fourth-order valence-electron chi connectivity index (χ4n) is 1.91. The number of carbonyl (C=O) groups is 1. The van der Waals surface area contributed by atoms with Crippen LogP contribution in [0.1, 0.15) is 6.92 Å². The van der Waals surface area contributed by atoms with Crippen molar-refractivity contribution in [3.05, 3.63) is 46.8 Å². The Bertz CT molecular complexity index is 871. The molecule has 3 rings (SSSR count). The molecule has 0 saturated heterocycles. The quantitative estimate of drug-likeness (QED) is 0.540. The van der Waals surface area contributed by atoms with E-state index in [4.69, 9.17) is 11.6 Å². The van der Waals surface area contributed by atoms with E-state index >= 15 is 0 Å². The van der Waals surface area contributed by atoms with E-state index in [1.54, 1.807) is 6.92 Å². The van der Waals surface area contributed by atoms with Gasteiger partial charge in [-0.3, -0.25) is 4.79 Å². The smallest absolute Gasteiger partial charge is 0.237 e. The summed E-state index contributed by atoms with van der Waals surface area (Å²) in [7, 11) is 0. The number of amides is 1. The molecule has 0 aliphatic carbocycles. The number of nitrogens with zero attached hydrogens (tertiary/aromatic N) is 2. The molecule has 0 bridgehead atoms. The van der Waals surface area contributed by atoms with Crippen molar-refractivity contribution in [3.8, 4) is 0 Å². The van der Waals surface area contributed by atoms with Crippen LogP contribution in [0.15, 0.2) is 41.0 Å². The van der Waals surface area contributed by atoms with E-state index in [0.29, 0.717) is 0 Å². The lowest BCUT2D eigenvalue weighted by atomic mass is 10.3. The Kier molecular flexibility index (Phi) is 4.79. The summed E-state index contributed by atoms with van der Waals surface area (Å²) in [5, 5.41) is 5.98. The summed E-state index contributed by atoms with van der Waals surface area (Å²) in [6.45, 7) is 1.74. The Morgan fingerprint density at radius 1 is 1.39 bits per heavy atom. The number of hydrogen-bond acceptors (Lipinski definition) is 5. The third-order valence-electron chi connectivity index (χ3n) is 3.07. The van der Waals surface area contributed by atoms with E-state index in [0.717, 1.165) is 21.3 Å². The summed E-state index contributed by atoms with van der Waals surface area (Å²) < 4.78 is 13.7. The van der Waals surface area contributed by atoms with Crippen LogP contribution in [0.4, 0.5) is 10.1 Å². The predicted octanol–water partition coefficient (Wildman–Crippen LogP) is 4.60. The zero-order chi connectivity index (χ0) is 16.4. The van der Waals surface area contributed by atoms with Crippen LogP contribution >= 0.6 is 34.7 Å². The lowest BCUT2D eigenvalue weighted by molar-refractivity contribution is -0.115. The molecule has 0 aliphatic heterocycles. The van der Waals surface area contributed by atoms with E-state index in [2.05, 4.69) is 15.3 Å². The van der Waals surface area contributed by atoms with E-state index in [9.17, 15) is 9.18 Å². The zero-order valence-electron chi connectivity index (χ0n) is 11.9. The van der Waals surface area contributed by atoms with Gasteiger partial charge in [-0.1, -0.05) is 23.4 Å². The van der Waals surface area contributed by atoms with Crippen molar-refractivity contribution in [3.63, 3.8) is 0 Å². The number of fused-ring (bicyclic) bond motifs is 1. The summed E-state index contributed by atoms with van der Waals surface area (Å²) >= 11 is 8.52. The first-order chi connectivity index (χ1) is 11.0. The number of thiophene rings is 1. The van der Waals surface area contributed by atoms with Crippen LogP contribution in [0.25, 0.3) is 10.2 Å². The summed E-state index contributed by atoms with van der Waals surface area (Å²) in [5.41, 5.74) is 0.107. The molecule has 1 atom stereocenters. The molecule has 0 unspecified atom stereocenters. The van der Waals surface area contributed by atoms with Gasteiger partial charge < -0.3 is 5.32 Å². The normalized spacial score (nSPS) is 12.3. The van der Waals surface area contributed by atoms with Crippen molar-refractivity contribution in [2.24, 2.45) is 0 Å². The van der Waals surface area contributed by atoms with Crippen molar-refractivity contribution in [1.29, 1.82) is 0 Å². The Labute approximate surface area is 145 Å². The Balaban J connectivity index is 1.74. The molecule has 2 heterocycles. The molecule has 8 heteroatoms. The Morgan fingerprint density at radius 3 is 3.00 bits per heavy atom. The van der Waals surface area contributed by atoms with Crippen LogP contribution < -0.4 is 5.32 Å². The van der Waals surface area contributed by atoms with Gasteiger partial charge in [0.2, 0.25) is 5.91 Å². The molecule has 0 spiro atoms. The Morgan fingerprint density at radius 2 is 2.22 bits per heavy atom. The second-order valence-corrected chi connectivity index (χ2v) is 7.35. The number of anilines is 1. The maximum atomic E-state index is 13.7. The van der Waals surface area contributed by atoms with Crippen LogP contribution in [0.2, 0.25) is 5.02 Å². The standard InChI is InChI=1S/C15H11ClFN3OS2/c1-8(13(21)20-12-3-2-9(16)6-11(12)17)23-15-10-4-5-22-14(10)18-7-19-15/h2-8H,1H3,(H,20,21)/t8-/m0/s1. The highest BCUT2D eigenvalue weighted by molar-refractivity contribution is 8.00. The minimum Gasteiger partial charge on any atom is -0.323 e. The molecule has 0 radical (unpaired) electrons. The Hall–Kier alpha value is -1.70. The van der Waals surface area contributed by atoms with Gasteiger partial charge in [-0.25, -0.2) is 14.4 Å². The highest BCUT2D eigenvalue weighted by Gasteiger charge is 2.18. The summed E-state index contributed by atoms with van der Waals surface area (Å²) in [4.78, 5) is 21.5. The molecule has 118 valence electrons. The molecule has 23 heavy (non-hydrogen) atoms. The number of aromatic nitrogens is 2. The van der Waals surface area contributed by atoms with E-state index in [-0.39, 0.29) is 16.6 Å². The minimum absolute atomic E-state index is 0.107. The number of halogens is 2. The number of carbonyl (C=O) groups excluding carboxylic acids is 1. The highest BCUT2D eigenvalue weighted by atomic mass is 35.5. The molecule has 3 aromatic rings. The summed E-state index contributed by atoms with van der Waals surface area (Å²) in [6, 6.07) is 6.05. The maximum Gasteiger partial charge on any atom is 0.237 e. The van der Waals surface area contributed by atoms with Crippen molar-refractivity contribution < 1.29 is 9.18 Å². The SMILES string of the molecule is C[C@H](Sc1ncnc2sccc12)C(=O)Nc1ccc(Cl)cc1F. The van der Waals surface area contributed by atoms with Crippen molar-refractivity contribution in [2.45, 2.75) is 17.2 Å². The summed E-state index contributed by atoms with van der Waals surface area (Å²) in [5.74, 6) is -0.872. The first kappa shape index (κ1) is 16.2. The second-order valence-electron chi connectivity index (χ2n) is 4.69. The number of thioether (sulfide) groups is 1. The maximum absolute atomic E-state index is 13.7. The van der Waals surface area contributed by atoms with Gasteiger partial charge in [-0.2, -0.15) is 0 Å². The molecular weight excluding hydrogens is 357 g/mol. The largest absolute Gasteiger partial charge is 0.323 e. The third-order valence-corrected chi connectivity index (χ3v) is 5.24. The van der Waals surface area contributed by atoms with Gasteiger partial charge >= 0.3 is 0 Å². The number of nitrogens with one attached hydrogen (secondary N) is 1. The second kappa shape index (κ2) is 6.82. The molecular formula is C15H11ClFN3OS2. The van der Waals surface area contributed by atoms with Gasteiger partial charge in [0, 0.05) is 10.4 Å². The molecule has 1 N–H and O–H groups in total. The lowest BCUT2D eigenvalue weighted by Gasteiger charge is -2.12. The monoisotopic (exact) mass is 367 g/mol. The van der Waals surface area contributed by atoms with Crippen LogP contribution in [-0.2, 0) is 4.79 Å². The first-order valence-corrected chi connectivity index (χ1v) is 8.79. The third kappa shape index (κ3) is 3.63. The molecule has 1 amide bonds. The van der Waals surface area contributed by atoms with Crippen LogP contribution in [-0.4, -0.2) is 21.1 Å². The van der Waals surface area contributed by atoms with Crippen molar-refractivity contribution in [2.75, 3.05) is 5.32 Å². The van der Waals surface area contributed by atoms with E-state index in [1.165, 1.54) is 41.6 Å². The molecule has 4 nitrogen and oxygen atoms in total. The minimum atomic E-state index is -0.565. The topological polar surface area (TPSA) is 54.9 Å². The molecule has 1 aromatic carbocycles. The average Bonchev–Trinajstić information content (AvgIpc) is 2.99. The van der Waals surface area contributed by atoms with Gasteiger partial charge in [-0.05, 0) is 36.6 Å². The van der Waals surface area contributed by atoms with E-state index in [1.807, 2.05) is 11.4 Å². The molecule has 0 fully saturated rings. The highest BCUT2D eigenvalue weighted by Crippen LogP contribution is 2.31. The van der Waals surface area contributed by atoms with Crippen molar-refractivity contribution in [1.82, 2.24) is 9.97 Å². The van der Waals surface area contributed by atoms with Gasteiger partial charge in [0.25, 0.3) is 0 Å². The van der Waals surface area contributed by atoms with Gasteiger partial charge in [0.15, 0.2) is 0 Å².